The quantitative estimate of drug-likeness (QED) is 0.800. The largest absolute Gasteiger partial charge is 0.376 e. The normalized spacial score (nSPS) is 17.9. The van der Waals surface area contributed by atoms with E-state index in [4.69, 9.17) is 4.74 Å². The summed E-state index contributed by atoms with van der Waals surface area (Å²) in [6.07, 6.45) is 9.98. The van der Waals surface area contributed by atoms with Gasteiger partial charge in [-0.3, -0.25) is 0 Å². The zero-order chi connectivity index (χ0) is 14.8. The van der Waals surface area contributed by atoms with Gasteiger partial charge < -0.3 is 10.1 Å². The lowest BCUT2D eigenvalue weighted by atomic mass is 10.1. The summed E-state index contributed by atoms with van der Waals surface area (Å²) in [4.78, 5) is 8.83. The van der Waals surface area contributed by atoms with Crippen LogP contribution >= 0.6 is 0 Å². The molecule has 1 aliphatic heterocycles. The van der Waals surface area contributed by atoms with Gasteiger partial charge in [-0.05, 0) is 25.0 Å². The van der Waals surface area contributed by atoms with Crippen molar-refractivity contribution in [1.29, 1.82) is 0 Å². The average molecular weight is 295 g/mol. The fourth-order valence-corrected chi connectivity index (χ4v) is 2.65. The summed E-state index contributed by atoms with van der Waals surface area (Å²) in [5.41, 5.74) is 2.86. The van der Waals surface area contributed by atoms with E-state index in [-0.39, 0.29) is 0 Å². The molecule has 1 aliphatic rings. The molecule has 0 aromatic carbocycles. The van der Waals surface area contributed by atoms with E-state index >= 15 is 0 Å². The van der Waals surface area contributed by atoms with Crippen LogP contribution < -0.4 is 5.32 Å². The Labute approximate surface area is 128 Å². The molecule has 3 aromatic heterocycles. The Hall–Kier alpha value is -2.47. The number of hydrogen-bond acceptors (Lipinski definition) is 5. The fraction of sp³-hybridized carbons (Fsp3) is 0.312. The van der Waals surface area contributed by atoms with E-state index in [2.05, 4.69) is 20.4 Å². The van der Waals surface area contributed by atoms with Gasteiger partial charge in [-0.2, -0.15) is 5.10 Å². The molecule has 0 aliphatic carbocycles. The predicted molar refractivity (Wildman–Crippen MR) is 83.7 cm³/mol. The standard InChI is InChI=1S/C16H17N5O/c1-2-14(22-7-1)10-18-15-4-3-12(8-17-15)13-9-19-16-5-6-20-21(16)11-13/h3-6,8-9,11,14H,1-2,7,10H2,(H,17,18). The molecular formula is C16H17N5O. The van der Waals surface area contributed by atoms with Crippen LogP contribution in [0.15, 0.2) is 43.0 Å². The van der Waals surface area contributed by atoms with Gasteiger partial charge in [-0.1, -0.05) is 0 Å². The van der Waals surface area contributed by atoms with Crippen molar-refractivity contribution in [3.8, 4) is 11.1 Å². The van der Waals surface area contributed by atoms with Crippen LogP contribution in [0.3, 0.4) is 0 Å². The minimum Gasteiger partial charge on any atom is -0.376 e. The Morgan fingerprint density at radius 1 is 1.18 bits per heavy atom. The summed E-state index contributed by atoms with van der Waals surface area (Å²) in [5, 5.41) is 7.52. The molecule has 6 nitrogen and oxygen atoms in total. The highest BCUT2D eigenvalue weighted by Crippen LogP contribution is 2.19. The van der Waals surface area contributed by atoms with Crippen molar-refractivity contribution in [3.63, 3.8) is 0 Å². The van der Waals surface area contributed by atoms with E-state index in [1.165, 1.54) is 0 Å². The maximum absolute atomic E-state index is 5.59. The van der Waals surface area contributed by atoms with E-state index in [0.29, 0.717) is 6.10 Å². The minimum absolute atomic E-state index is 0.313. The van der Waals surface area contributed by atoms with Crippen molar-refractivity contribution < 1.29 is 4.74 Å². The second-order valence-corrected chi connectivity index (χ2v) is 5.42. The van der Waals surface area contributed by atoms with Crippen LogP contribution in [0.25, 0.3) is 16.8 Å². The Bertz CT molecular complexity index is 762. The molecule has 1 atom stereocenters. The lowest BCUT2D eigenvalue weighted by Gasteiger charge is -2.11. The summed E-state index contributed by atoms with van der Waals surface area (Å²) >= 11 is 0. The first-order valence-corrected chi connectivity index (χ1v) is 7.50. The second kappa shape index (κ2) is 5.73. The molecule has 3 aromatic rings. The molecule has 0 amide bonds. The zero-order valence-electron chi connectivity index (χ0n) is 12.1. The number of hydrogen-bond donors (Lipinski definition) is 1. The molecule has 22 heavy (non-hydrogen) atoms. The number of nitrogens with one attached hydrogen (secondary N) is 1. The number of ether oxygens (including phenoxy) is 1. The number of nitrogens with zero attached hydrogens (tertiary/aromatic N) is 4. The van der Waals surface area contributed by atoms with Gasteiger partial charge in [0.15, 0.2) is 5.65 Å². The molecule has 1 N–H and O–H groups in total. The van der Waals surface area contributed by atoms with Crippen LogP contribution in [-0.2, 0) is 4.74 Å². The molecule has 1 saturated heterocycles. The van der Waals surface area contributed by atoms with Gasteiger partial charge in [-0.25, -0.2) is 14.5 Å². The molecule has 112 valence electrons. The number of anilines is 1. The summed E-state index contributed by atoms with van der Waals surface area (Å²) in [5.74, 6) is 0.868. The summed E-state index contributed by atoms with van der Waals surface area (Å²) < 4.78 is 7.36. The molecule has 0 saturated carbocycles. The van der Waals surface area contributed by atoms with Gasteiger partial charge in [0.1, 0.15) is 5.82 Å². The van der Waals surface area contributed by atoms with Crippen molar-refractivity contribution in [1.82, 2.24) is 19.6 Å². The lowest BCUT2D eigenvalue weighted by molar-refractivity contribution is 0.120. The molecule has 0 bridgehead atoms. The summed E-state index contributed by atoms with van der Waals surface area (Å²) in [7, 11) is 0. The Morgan fingerprint density at radius 2 is 2.14 bits per heavy atom. The predicted octanol–water partition coefficient (Wildman–Crippen LogP) is 2.38. The number of rotatable bonds is 4. The summed E-state index contributed by atoms with van der Waals surface area (Å²) in [6.45, 7) is 1.69. The minimum atomic E-state index is 0.313. The van der Waals surface area contributed by atoms with E-state index in [9.17, 15) is 0 Å². The third-order valence-electron chi connectivity index (χ3n) is 3.88. The first kappa shape index (κ1) is 13.2. The maximum Gasteiger partial charge on any atom is 0.154 e. The van der Waals surface area contributed by atoms with Gasteiger partial charge in [0, 0.05) is 48.9 Å². The molecular weight excluding hydrogens is 278 g/mol. The smallest absolute Gasteiger partial charge is 0.154 e. The Kier molecular flexibility index (Phi) is 3.44. The van der Waals surface area contributed by atoms with Crippen molar-refractivity contribution in [3.05, 3.63) is 43.0 Å². The second-order valence-electron chi connectivity index (χ2n) is 5.42. The van der Waals surface area contributed by atoms with Gasteiger partial charge in [0.2, 0.25) is 0 Å². The van der Waals surface area contributed by atoms with Crippen LogP contribution in [0, 0.1) is 0 Å². The third-order valence-corrected chi connectivity index (χ3v) is 3.88. The fourth-order valence-electron chi connectivity index (χ4n) is 2.65. The van der Waals surface area contributed by atoms with Gasteiger partial charge >= 0.3 is 0 Å². The Morgan fingerprint density at radius 3 is 2.95 bits per heavy atom. The van der Waals surface area contributed by atoms with Gasteiger partial charge in [0.25, 0.3) is 0 Å². The number of aromatic nitrogens is 4. The first-order valence-electron chi connectivity index (χ1n) is 7.50. The highest BCUT2D eigenvalue weighted by molar-refractivity contribution is 5.63. The van der Waals surface area contributed by atoms with Crippen molar-refractivity contribution >= 4 is 11.5 Å². The monoisotopic (exact) mass is 295 g/mol. The van der Waals surface area contributed by atoms with Gasteiger partial charge in [-0.15, -0.1) is 0 Å². The summed E-state index contributed by atoms with van der Waals surface area (Å²) in [6, 6.07) is 5.90. The van der Waals surface area contributed by atoms with Crippen molar-refractivity contribution in [2.75, 3.05) is 18.5 Å². The van der Waals surface area contributed by atoms with Crippen LogP contribution in [-0.4, -0.2) is 38.8 Å². The van der Waals surface area contributed by atoms with Crippen LogP contribution in [0.4, 0.5) is 5.82 Å². The molecule has 1 unspecified atom stereocenters. The molecule has 4 heterocycles. The zero-order valence-corrected chi connectivity index (χ0v) is 12.1. The molecule has 4 rings (SSSR count). The van der Waals surface area contributed by atoms with Crippen molar-refractivity contribution in [2.45, 2.75) is 18.9 Å². The molecule has 1 fully saturated rings. The molecule has 6 heteroatoms. The van der Waals surface area contributed by atoms with E-state index < -0.39 is 0 Å². The average Bonchev–Trinajstić information content (AvgIpc) is 3.24. The SMILES string of the molecule is c1cc2ncc(-c3ccc(NCC4CCCO4)nc3)cn2n1. The lowest BCUT2D eigenvalue weighted by Crippen LogP contribution is -2.18. The van der Waals surface area contributed by atoms with E-state index in [0.717, 1.165) is 48.6 Å². The highest BCUT2D eigenvalue weighted by atomic mass is 16.5. The Balaban J connectivity index is 1.48. The topological polar surface area (TPSA) is 64.3 Å². The molecule has 0 radical (unpaired) electrons. The maximum atomic E-state index is 5.59. The number of fused-ring (bicyclic) bond motifs is 1. The third kappa shape index (κ3) is 2.65. The van der Waals surface area contributed by atoms with Crippen LogP contribution in [0.2, 0.25) is 0 Å². The van der Waals surface area contributed by atoms with E-state index in [1.54, 1.807) is 10.7 Å². The van der Waals surface area contributed by atoms with Crippen LogP contribution in [0.1, 0.15) is 12.8 Å². The van der Waals surface area contributed by atoms with Crippen molar-refractivity contribution in [2.24, 2.45) is 0 Å². The van der Waals surface area contributed by atoms with Crippen LogP contribution in [0.5, 0.6) is 0 Å². The van der Waals surface area contributed by atoms with E-state index in [1.807, 2.05) is 36.8 Å². The highest BCUT2D eigenvalue weighted by Gasteiger charge is 2.14. The molecule has 0 spiro atoms. The first-order chi connectivity index (χ1) is 10.9. The number of pyridine rings is 1. The van der Waals surface area contributed by atoms with Gasteiger partial charge in [0.05, 0.1) is 12.3 Å².